The van der Waals surface area contributed by atoms with E-state index in [2.05, 4.69) is 21.2 Å². The molecule has 1 aliphatic rings. The van der Waals surface area contributed by atoms with Gasteiger partial charge >= 0.3 is 0 Å². The van der Waals surface area contributed by atoms with Gasteiger partial charge in [-0.2, -0.15) is 0 Å². The van der Waals surface area contributed by atoms with Crippen LogP contribution in [0.1, 0.15) is 29.3 Å². The number of hydrogen-bond acceptors (Lipinski definition) is 5. The molecule has 4 aromatic rings. The third-order valence-corrected chi connectivity index (χ3v) is 7.48. The van der Waals surface area contributed by atoms with Crippen LogP contribution in [0.4, 0.5) is 0 Å². The molecule has 3 aromatic heterocycles. The van der Waals surface area contributed by atoms with E-state index in [9.17, 15) is 4.79 Å². The monoisotopic (exact) mass is 408 g/mol. The second-order valence-corrected chi connectivity index (χ2v) is 9.41. The van der Waals surface area contributed by atoms with Crippen LogP contribution in [0.15, 0.2) is 46.4 Å². The molecule has 7 heteroatoms. The van der Waals surface area contributed by atoms with E-state index in [1.54, 1.807) is 27.7 Å². The number of hydrogen-bond donors (Lipinski definition) is 0. The third-order valence-electron chi connectivity index (χ3n) is 5.05. The van der Waals surface area contributed by atoms with E-state index in [1.807, 2.05) is 38.1 Å². The van der Waals surface area contributed by atoms with Gasteiger partial charge in [0, 0.05) is 10.6 Å². The van der Waals surface area contributed by atoms with E-state index in [1.165, 1.54) is 10.4 Å². The summed E-state index contributed by atoms with van der Waals surface area (Å²) in [6, 6.07) is 7.99. The SMILES string of the molecule is C=C(C)CSc1nnc2n(-c3cccc(C)c3)c(=O)c3c4c(sc3n12)CCC4. The first-order valence-corrected chi connectivity index (χ1v) is 11.1. The molecule has 0 saturated carbocycles. The van der Waals surface area contributed by atoms with Crippen molar-refractivity contribution in [3.8, 4) is 5.69 Å². The van der Waals surface area contributed by atoms with Gasteiger partial charge < -0.3 is 0 Å². The summed E-state index contributed by atoms with van der Waals surface area (Å²) >= 11 is 3.34. The van der Waals surface area contributed by atoms with Crippen molar-refractivity contribution in [2.45, 2.75) is 38.3 Å². The Morgan fingerprint density at radius 3 is 2.96 bits per heavy atom. The highest BCUT2D eigenvalue weighted by Gasteiger charge is 2.26. The Morgan fingerprint density at radius 1 is 1.32 bits per heavy atom. The van der Waals surface area contributed by atoms with Crippen molar-refractivity contribution < 1.29 is 0 Å². The lowest BCUT2D eigenvalue weighted by atomic mass is 10.2. The van der Waals surface area contributed by atoms with E-state index in [0.717, 1.165) is 57.2 Å². The molecular weight excluding hydrogens is 388 g/mol. The van der Waals surface area contributed by atoms with Crippen LogP contribution in [-0.4, -0.2) is 24.9 Å². The zero-order valence-corrected chi connectivity index (χ0v) is 17.5. The summed E-state index contributed by atoms with van der Waals surface area (Å²) in [6.45, 7) is 8.04. The topological polar surface area (TPSA) is 52.2 Å². The van der Waals surface area contributed by atoms with Crippen LogP contribution in [0, 0.1) is 6.92 Å². The molecule has 0 fully saturated rings. The van der Waals surface area contributed by atoms with Gasteiger partial charge in [0.15, 0.2) is 5.16 Å². The predicted molar refractivity (Wildman–Crippen MR) is 116 cm³/mol. The predicted octanol–water partition coefficient (Wildman–Crippen LogP) is 4.56. The molecule has 0 radical (unpaired) electrons. The fourth-order valence-corrected chi connectivity index (χ4v) is 6.05. The number of fused-ring (bicyclic) bond motifs is 5. The Labute approximate surface area is 170 Å². The minimum absolute atomic E-state index is 0.0105. The summed E-state index contributed by atoms with van der Waals surface area (Å²) < 4.78 is 3.79. The maximum absolute atomic E-state index is 13.6. The highest BCUT2D eigenvalue weighted by molar-refractivity contribution is 7.99. The number of thioether (sulfide) groups is 1. The summed E-state index contributed by atoms with van der Waals surface area (Å²) in [5, 5.41) is 10.5. The minimum Gasteiger partial charge on any atom is -0.268 e. The number of rotatable bonds is 4. The standard InChI is InChI=1S/C21H20N4OS2/c1-12(2)11-27-21-23-22-20-24(14-7-4-6-13(3)10-14)18(26)17-15-8-5-9-16(15)28-19(17)25(20)21/h4,6-7,10H,1,5,8-9,11H2,2-3H3. The van der Waals surface area contributed by atoms with Crippen LogP contribution >= 0.6 is 23.1 Å². The number of aromatic nitrogens is 4. The molecule has 28 heavy (non-hydrogen) atoms. The molecule has 1 aliphatic carbocycles. The van der Waals surface area contributed by atoms with Gasteiger partial charge in [-0.05, 0) is 56.4 Å². The van der Waals surface area contributed by atoms with E-state index < -0.39 is 0 Å². The summed E-state index contributed by atoms with van der Waals surface area (Å²) in [5.41, 5.74) is 4.25. The molecule has 0 aliphatic heterocycles. The molecule has 0 amide bonds. The molecule has 0 bridgehead atoms. The number of benzene rings is 1. The zero-order valence-electron chi connectivity index (χ0n) is 15.9. The van der Waals surface area contributed by atoms with Gasteiger partial charge in [0.1, 0.15) is 4.83 Å². The van der Waals surface area contributed by atoms with Crippen molar-refractivity contribution in [2.24, 2.45) is 0 Å². The van der Waals surface area contributed by atoms with E-state index in [0.29, 0.717) is 5.78 Å². The average Bonchev–Trinajstić information content (AvgIpc) is 3.33. The smallest absolute Gasteiger partial charge is 0.268 e. The number of thiophene rings is 1. The van der Waals surface area contributed by atoms with E-state index in [4.69, 9.17) is 0 Å². The van der Waals surface area contributed by atoms with Crippen molar-refractivity contribution in [1.82, 2.24) is 19.2 Å². The molecule has 0 N–H and O–H groups in total. The summed E-state index contributed by atoms with van der Waals surface area (Å²) in [5.74, 6) is 1.35. The fraction of sp³-hybridized carbons (Fsp3) is 0.286. The molecular formula is C21H20N4OS2. The molecule has 3 heterocycles. The lowest BCUT2D eigenvalue weighted by Crippen LogP contribution is -2.22. The van der Waals surface area contributed by atoms with Crippen LogP contribution in [-0.2, 0) is 12.8 Å². The van der Waals surface area contributed by atoms with Gasteiger partial charge in [-0.1, -0.05) is 36.0 Å². The molecule has 5 nitrogen and oxygen atoms in total. The van der Waals surface area contributed by atoms with Crippen LogP contribution in [0.2, 0.25) is 0 Å². The zero-order chi connectivity index (χ0) is 19.4. The average molecular weight is 409 g/mol. The maximum Gasteiger partial charge on any atom is 0.268 e. The normalized spacial score (nSPS) is 13.5. The summed E-state index contributed by atoms with van der Waals surface area (Å²) in [7, 11) is 0. The first-order valence-electron chi connectivity index (χ1n) is 9.33. The largest absolute Gasteiger partial charge is 0.268 e. The Morgan fingerprint density at radius 2 is 2.18 bits per heavy atom. The highest BCUT2D eigenvalue weighted by atomic mass is 32.2. The molecule has 5 rings (SSSR count). The van der Waals surface area contributed by atoms with Gasteiger partial charge in [-0.3, -0.25) is 4.79 Å². The van der Waals surface area contributed by atoms with E-state index >= 15 is 0 Å². The van der Waals surface area contributed by atoms with Gasteiger partial charge in [0.2, 0.25) is 5.78 Å². The van der Waals surface area contributed by atoms with Gasteiger partial charge in [-0.25, -0.2) is 8.97 Å². The third kappa shape index (κ3) is 2.64. The van der Waals surface area contributed by atoms with Crippen LogP contribution in [0.5, 0.6) is 0 Å². The molecule has 0 spiro atoms. The Kier molecular flexibility index (Phi) is 4.17. The van der Waals surface area contributed by atoms with Crippen molar-refractivity contribution in [3.05, 3.63) is 62.8 Å². The quantitative estimate of drug-likeness (QED) is 0.367. The van der Waals surface area contributed by atoms with Crippen molar-refractivity contribution in [3.63, 3.8) is 0 Å². The first-order chi connectivity index (χ1) is 13.5. The van der Waals surface area contributed by atoms with Crippen molar-refractivity contribution in [1.29, 1.82) is 0 Å². The second-order valence-electron chi connectivity index (χ2n) is 7.38. The molecule has 142 valence electrons. The van der Waals surface area contributed by atoms with Gasteiger partial charge in [0.25, 0.3) is 5.56 Å². The summed E-state index contributed by atoms with van der Waals surface area (Å²) in [4.78, 5) is 15.9. The lowest BCUT2D eigenvalue weighted by Gasteiger charge is -2.10. The number of nitrogens with zero attached hydrogens (tertiary/aromatic N) is 4. The summed E-state index contributed by atoms with van der Waals surface area (Å²) in [6.07, 6.45) is 3.15. The van der Waals surface area contributed by atoms with Gasteiger partial charge in [-0.15, -0.1) is 21.5 Å². The van der Waals surface area contributed by atoms with Crippen LogP contribution in [0.3, 0.4) is 0 Å². The van der Waals surface area contributed by atoms with Gasteiger partial charge in [0.05, 0.1) is 11.1 Å². The maximum atomic E-state index is 13.6. The molecule has 0 saturated heterocycles. The Balaban J connectivity index is 1.89. The second kappa shape index (κ2) is 6.60. The van der Waals surface area contributed by atoms with E-state index in [-0.39, 0.29) is 5.56 Å². The number of aryl methyl sites for hydroxylation is 3. The van der Waals surface area contributed by atoms with Crippen LogP contribution < -0.4 is 5.56 Å². The molecule has 0 atom stereocenters. The van der Waals surface area contributed by atoms with Crippen LogP contribution in [0.25, 0.3) is 21.7 Å². The molecule has 1 aromatic carbocycles. The van der Waals surface area contributed by atoms with Crippen molar-refractivity contribution in [2.75, 3.05) is 5.75 Å². The molecule has 0 unspecified atom stereocenters. The minimum atomic E-state index is 0.0105. The first kappa shape index (κ1) is 17.7. The fourth-order valence-electron chi connectivity index (χ4n) is 3.84. The Hall–Kier alpha value is -2.38. The Bertz CT molecular complexity index is 1310. The van der Waals surface area contributed by atoms with Crippen molar-refractivity contribution >= 4 is 39.1 Å². The lowest BCUT2D eigenvalue weighted by molar-refractivity contribution is 0.910. The highest BCUT2D eigenvalue weighted by Crippen LogP contribution is 2.37.